The molecule has 0 amide bonds. The molecule has 112 valence electrons. The van der Waals surface area contributed by atoms with Gasteiger partial charge in [-0.25, -0.2) is 0 Å². The minimum atomic E-state index is 0.269. The summed E-state index contributed by atoms with van der Waals surface area (Å²) in [4.78, 5) is 2.48. The largest absolute Gasteiger partial charge is 0.506 e. The molecule has 1 saturated heterocycles. The summed E-state index contributed by atoms with van der Waals surface area (Å²) in [7, 11) is 0. The van der Waals surface area contributed by atoms with Gasteiger partial charge in [0.1, 0.15) is 5.75 Å². The standard InChI is InChI=1S/C15H22Br2N2O/c1-10(2)7-14(19-5-3-18-4-6-19)12-8-11(16)9-13(17)15(12)20/h8-10,14,18,20H,3-7H2,1-2H3/t14-/m0/s1. The van der Waals surface area contributed by atoms with Gasteiger partial charge in [0.25, 0.3) is 0 Å². The fraction of sp³-hybridized carbons (Fsp3) is 0.600. The van der Waals surface area contributed by atoms with E-state index >= 15 is 0 Å². The summed E-state index contributed by atoms with van der Waals surface area (Å²) in [5.41, 5.74) is 1.02. The number of nitrogens with one attached hydrogen (secondary N) is 1. The van der Waals surface area contributed by atoms with E-state index in [1.54, 1.807) is 0 Å². The Bertz CT molecular complexity index is 459. The zero-order valence-electron chi connectivity index (χ0n) is 12.0. The van der Waals surface area contributed by atoms with Crippen LogP contribution >= 0.6 is 31.9 Å². The van der Waals surface area contributed by atoms with Crippen LogP contribution in [0.2, 0.25) is 0 Å². The molecule has 0 bridgehead atoms. The zero-order valence-corrected chi connectivity index (χ0v) is 15.2. The highest BCUT2D eigenvalue weighted by molar-refractivity contribution is 9.11. The van der Waals surface area contributed by atoms with Gasteiger partial charge in [0.2, 0.25) is 0 Å². The van der Waals surface area contributed by atoms with Crippen LogP contribution in [0.5, 0.6) is 5.75 Å². The highest BCUT2D eigenvalue weighted by atomic mass is 79.9. The Morgan fingerprint density at radius 1 is 1.25 bits per heavy atom. The van der Waals surface area contributed by atoms with E-state index in [9.17, 15) is 5.11 Å². The lowest BCUT2D eigenvalue weighted by atomic mass is 9.94. The lowest BCUT2D eigenvalue weighted by molar-refractivity contribution is 0.151. The van der Waals surface area contributed by atoms with E-state index < -0.39 is 0 Å². The molecular weight excluding hydrogens is 384 g/mol. The van der Waals surface area contributed by atoms with E-state index in [1.807, 2.05) is 6.07 Å². The van der Waals surface area contributed by atoms with Crippen molar-refractivity contribution < 1.29 is 5.11 Å². The molecule has 1 atom stereocenters. The molecule has 5 heteroatoms. The number of halogens is 2. The maximum Gasteiger partial charge on any atom is 0.134 e. The van der Waals surface area contributed by atoms with Crippen LogP contribution in [0.15, 0.2) is 21.1 Å². The number of piperazine rings is 1. The van der Waals surface area contributed by atoms with Crippen molar-refractivity contribution in [2.24, 2.45) is 5.92 Å². The van der Waals surface area contributed by atoms with E-state index in [0.29, 0.717) is 11.7 Å². The minimum absolute atomic E-state index is 0.269. The van der Waals surface area contributed by atoms with Crippen LogP contribution in [0.25, 0.3) is 0 Å². The Morgan fingerprint density at radius 2 is 1.90 bits per heavy atom. The van der Waals surface area contributed by atoms with Crippen molar-refractivity contribution in [2.75, 3.05) is 26.2 Å². The number of aromatic hydroxyl groups is 1. The first-order valence-electron chi connectivity index (χ1n) is 7.11. The van der Waals surface area contributed by atoms with Gasteiger partial charge in [0.05, 0.1) is 4.47 Å². The zero-order chi connectivity index (χ0) is 14.7. The van der Waals surface area contributed by atoms with E-state index in [2.05, 4.69) is 62.0 Å². The molecule has 20 heavy (non-hydrogen) atoms. The third-order valence-corrected chi connectivity index (χ3v) is 4.77. The molecule has 1 aromatic carbocycles. The lowest BCUT2D eigenvalue weighted by Gasteiger charge is -2.36. The smallest absolute Gasteiger partial charge is 0.134 e. The number of benzene rings is 1. The Labute approximate surface area is 138 Å². The van der Waals surface area contributed by atoms with Crippen molar-refractivity contribution in [3.05, 3.63) is 26.6 Å². The lowest BCUT2D eigenvalue weighted by Crippen LogP contribution is -2.45. The number of hydrogen-bond acceptors (Lipinski definition) is 3. The van der Waals surface area contributed by atoms with Crippen LogP contribution in [-0.4, -0.2) is 36.2 Å². The van der Waals surface area contributed by atoms with Crippen molar-refractivity contribution >= 4 is 31.9 Å². The average Bonchev–Trinajstić information content (AvgIpc) is 2.41. The SMILES string of the molecule is CC(C)C[C@@H](c1cc(Br)cc(Br)c1O)N1CCNCC1. The third kappa shape index (κ3) is 3.97. The summed E-state index contributed by atoms with van der Waals surface area (Å²) >= 11 is 6.98. The van der Waals surface area contributed by atoms with Gasteiger partial charge in [-0.2, -0.15) is 0 Å². The molecular formula is C15H22Br2N2O. The van der Waals surface area contributed by atoms with Gasteiger partial charge in [-0.05, 0) is 40.4 Å². The summed E-state index contributed by atoms with van der Waals surface area (Å²) < 4.78 is 1.76. The number of hydrogen-bond donors (Lipinski definition) is 2. The van der Waals surface area contributed by atoms with Crippen molar-refractivity contribution in [2.45, 2.75) is 26.3 Å². The van der Waals surface area contributed by atoms with Crippen molar-refractivity contribution in [1.29, 1.82) is 0 Å². The number of phenolic OH excluding ortho intramolecular Hbond substituents is 1. The van der Waals surface area contributed by atoms with Gasteiger partial charge < -0.3 is 10.4 Å². The fourth-order valence-corrected chi connectivity index (χ4v) is 4.01. The average molecular weight is 406 g/mol. The first-order valence-corrected chi connectivity index (χ1v) is 8.70. The second-order valence-electron chi connectivity index (χ2n) is 5.76. The maximum absolute atomic E-state index is 10.4. The van der Waals surface area contributed by atoms with Gasteiger partial charge in [-0.15, -0.1) is 0 Å². The summed E-state index contributed by atoms with van der Waals surface area (Å²) in [5.74, 6) is 0.962. The molecule has 0 aliphatic carbocycles. The molecule has 0 aromatic heterocycles. The predicted molar refractivity (Wildman–Crippen MR) is 90.1 cm³/mol. The fourth-order valence-electron chi connectivity index (χ4n) is 2.75. The molecule has 1 heterocycles. The number of nitrogens with zero attached hydrogens (tertiary/aromatic N) is 1. The summed E-state index contributed by atoms with van der Waals surface area (Å²) in [5, 5.41) is 13.8. The van der Waals surface area contributed by atoms with E-state index in [0.717, 1.165) is 47.1 Å². The van der Waals surface area contributed by atoms with Crippen LogP contribution in [0, 0.1) is 5.92 Å². The van der Waals surface area contributed by atoms with Crippen molar-refractivity contribution in [1.82, 2.24) is 10.2 Å². The second kappa shape index (κ2) is 7.25. The topological polar surface area (TPSA) is 35.5 Å². The number of phenols is 1. The Hall–Kier alpha value is -0.100. The summed E-state index contributed by atoms with van der Waals surface area (Å²) in [6.45, 7) is 8.57. The highest BCUT2D eigenvalue weighted by Crippen LogP contribution is 2.39. The van der Waals surface area contributed by atoms with Gasteiger partial charge in [0, 0.05) is 42.3 Å². The molecule has 3 nitrogen and oxygen atoms in total. The molecule has 0 saturated carbocycles. The molecule has 2 N–H and O–H groups in total. The van der Waals surface area contributed by atoms with Crippen LogP contribution < -0.4 is 5.32 Å². The van der Waals surface area contributed by atoms with Crippen LogP contribution in [-0.2, 0) is 0 Å². The predicted octanol–water partition coefficient (Wildman–Crippen LogP) is 3.91. The van der Waals surface area contributed by atoms with Gasteiger partial charge >= 0.3 is 0 Å². The molecule has 0 radical (unpaired) electrons. The van der Waals surface area contributed by atoms with Crippen LogP contribution in [0.1, 0.15) is 31.9 Å². The molecule has 1 aliphatic heterocycles. The summed E-state index contributed by atoms with van der Waals surface area (Å²) in [6, 6.07) is 4.21. The van der Waals surface area contributed by atoms with E-state index in [-0.39, 0.29) is 6.04 Å². The molecule has 0 unspecified atom stereocenters. The van der Waals surface area contributed by atoms with E-state index in [1.165, 1.54) is 0 Å². The Morgan fingerprint density at radius 3 is 2.50 bits per heavy atom. The Kier molecular flexibility index (Phi) is 5.90. The first-order chi connectivity index (χ1) is 9.49. The summed E-state index contributed by atoms with van der Waals surface area (Å²) in [6.07, 6.45) is 1.05. The van der Waals surface area contributed by atoms with E-state index in [4.69, 9.17) is 0 Å². The van der Waals surface area contributed by atoms with Crippen LogP contribution in [0.3, 0.4) is 0 Å². The van der Waals surface area contributed by atoms with Crippen molar-refractivity contribution in [3.8, 4) is 5.75 Å². The molecule has 1 fully saturated rings. The van der Waals surface area contributed by atoms with Crippen LogP contribution in [0.4, 0.5) is 0 Å². The minimum Gasteiger partial charge on any atom is -0.506 e. The molecule has 0 spiro atoms. The molecule has 1 aromatic rings. The highest BCUT2D eigenvalue weighted by Gasteiger charge is 2.26. The number of rotatable bonds is 4. The first kappa shape index (κ1) is 16.3. The quantitative estimate of drug-likeness (QED) is 0.796. The maximum atomic E-state index is 10.4. The Balaban J connectivity index is 2.34. The third-order valence-electron chi connectivity index (χ3n) is 3.70. The van der Waals surface area contributed by atoms with Crippen molar-refractivity contribution in [3.63, 3.8) is 0 Å². The molecule has 2 rings (SSSR count). The van der Waals surface area contributed by atoms with Gasteiger partial charge in [-0.1, -0.05) is 29.8 Å². The van der Waals surface area contributed by atoms with Gasteiger partial charge in [-0.3, -0.25) is 4.90 Å². The monoisotopic (exact) mass is 404 g/mol. The second-order valence-corrected chi connectivity index (χ2v) is 7.53. The van der Waals surface area contributed by atoms with Gasteiger partial charge in [0.15, 0.2) is 0 Å². The molecule has 1 aliphatic rings. The normalized spacial score (nSPS) is 18.4.